The Bertz CT molecular complexity index is 822. The molecule has 1 aromatic carbocycles. The molecule has 0 radical (unpaired) electrons. The van der Waals surface area contributed by atoms with Crippen LogP contribution in [0.3, 0.4) is 0 Å². The molecule has 2 aromatic rings. The zero-order chi connectivity index (χ0) is 18.7. The first-order chi connectivity index (χ1) is 12.4. The molecule has 142 valence electrons. The van der Waals surface area contributed by atoms with E-state index in [1.165, 1.54) is 0 Å². The molecule has 26 heavy (non-hydrogen) atoms. The molecule has 2 heterocycles. The quantitative estimate of drug-likeness (QED) is 0.772. The van der Waals surface area contributed by atoms with Gasteiger partial charge < -0.3 is 9.30 Å². The number of hydrogen-bond acceptors (Lipinski definition) is 5. The Labute approximate surface area is 155 Å². The highest BCUT2D eigenvalue weighted by molar-refractivity contribution is 7.89. The molecule has 1 aliphatic heterocycles. The number of piperidine rings is 1. The lowest BCUT2D eigenvalue weighted by Gasteiger charge is -2.31. The monoisotopic (exact) mass is 378 g/mol. The lowest BCUT2D eigenvalue weighted by molar-refractivity contribution is 0.307. The van der Waals surface area contributed by atoms with Gasteiger partial charge in [0.1, 0.15) is 17.9 Å². The Morgan fingerprint density at radius 1 is 1.19 bits per heavy atom. The van der Waals surface area contributed by atoms with Crippen molar-refractivity contribution in [3.63, 3.8) is 0 Å². The molecule has 0 atom stereocenters. The maximum Gasteiger partial charge on any atom is 0.243 e. The Balaban J connectivity index is 1.69. The molecule has 1 saturated heterocycles. The molecular formula is C18H26N4O3S. The topological polar surface area (TPSA) is 77.3 Å². The van der Waals surface area contributed by atoms with Crippen LogP contribution in [0.2, 0.25) is 0 Å². The summed E-state index contributed by atoms with van der Waals surface area (Å²) in [6, 6.07) is 6.93. The van der Waals surface area contributed by atoms with Gasteiger partial charge in [0.2, 0.25) is 10.0 Å². The standard InChI is InChI=1S/C18H26N4O3S/c1-4-25-16-5-7-17(8-6-16)26(23,24)21-11-9-15(10-12-21)18-20-19-13-22(18)14(2)3/h5-8,13-15H,4,9-12H2,1-3H3. The number of sulfonamides is 1. The second-order valence-electron chi connectivity index (χ2n) is 6.77. The molecule has 8 heteroatoms. The molecule has 0 N–H and O–H groups in total. The lowest BCUT2D eigenvalue weighted by atomic mass is 9.97. The molecule has 0 unspecified atom stereocenters. The van der Waals surface area contributed by atoms with E-state index in [1.54, 1.807) is 34.9 Å². The highest BCUT2D eigenvalue weighted by Gasteiger charge is 2.32. The van der Waals surface area contributed by atoms with Crippen molar-refractivity contribution < 1.29 is 13.2 Å². The summed E-state index contributed by atoms with van der Waals surface area (Å²) in [7, 11) is -3.48. The molecule has 1 aromatic heterocycles. The molecule has 0 spiro atoms. The third-order valence-corrected chi connectivity index (χ3v) is 6.66. The summed E-state index contributed by atoms with van der Waals surface area (Å²) in [5.41, 5.74) is 0. The van der Waals surface area contributed by atoms with Crippen LogP contribution in [0.5, 0.6) is 5.75 Å². The van der Waals surface area contributed by atoms with Crippen LogP contribution in [0.25, 0.3) is 0 Å². The van der Waals surface area contributed by atoms with E-state index in [1.807, 2.05) is 6.92 Å². The van der Waals surface area contributed by atoms with Gasteiger partial charge in [-0.25, -0.2) is 8.42 Å². The highest BCUT2D eigenvalue weighted by atomic mass is 32.2. The van der Waals surface area contributed by atoms with Crippen molar-refractivity contribution in [2.24, 2.45) is 0 Å². The fraction of sp³-hybridized carbons (Fsp3) is 0.556. The number of rotatable bonds is 6. The van der Waals surface area contributed by atoms with E-state index in [0.29, 0.717) is 36.4 Å². The number of hydrogen-bond donors (Lipinski definition) is 0. The number of benzene rings is 1. The predicted molar refractivity (Wildman–Crippen MR) is 98.8 cm³/mol. The third-order valence-electron chi connectivity index (χ3n) is 4.75. The molecule has 1 aliphatic rings. The molecule has 0 saturated carbocycles. The second-order valence-corrected chi connectivity index (χ2v) is 8.71. The molecule has 0 aliphatic carbocycles. The fourth-order valence-corrected chi connectivity index (χ4v) is 4.79. The number of aromatic nitrogens is 3. The van der Waals surface area contributed by atoms with Gasteiger partial charge in [0.25, 0.3) is 0 Å². The summed E-state index contributed by atoms with van der Waals surface area (Å²) >= 11 is 0. The van der Waals surface area contributed by atoms with Crippen LogP contribution in [0, 0.1) is 0 Å². The minimum Gasteiger partial charge on any atom is -0.494 e. The molecule has 1 fully saturated rings. The molecule has 0 bridgehead atoms. The van der Waals surface area contributed by atoms with Gasteiger partial charge in [-0.05, 0) is 57.9 Å². The first-order valence-corrected chi connectivity index (χ1v) is 10.5. The van der Waals surface area contributed by atoms with Crippen molar-refractivity contribution >= 4 is 10.0 Å². The van der Waals surface area contributed by atoms with Crippen LogP contribution >= 0.6 is 0 Å². The van der Waals surface area contributed by atoms with Gasteiger partial charge in [0.05, 0.1) is 11.5 Å². The Morgan fingerprint density at radius 2 is 1.85 bits per heavy atom. The van der Waals surface area contributed by atoms with E-state index >= 15 is 0 Å². The summed E-state index contributed by atoms with van der Waals surface area (Å²) < 4.78 is 34.8. The number of nitrogens with zero attached hydrogens (tertiary/aromatic N) is 4. The molecule has 7 nitrogen and oxygen atoms in total. The Hall–Kier alpha value is -1.93. The van der Waals surface area contributed by atoms with Gasteiger partial charge in [0.15, 0.2) is 0 Å². The van der Waals surface area contributed by atoms with Gasteiger partial charge >= 0.3 is 0 Å². The van der Waals surface area contributed by atoms with Gasteiger partial charge in [-0.15, -0.1) is 10.2 Å². The summed E-state index contributed by atoms with van der Waals surface area (Å²) in [6.07, 6.45) is 3.26. The highest BCUT2D eigenvalue weighted by Crippen LogP contribution is 2.31. The normalized spacial score (nSPS) is 16.9. The SMILES string of the molecule is CCOc1ccc(S(=O)(=O)N2CCC(c3nncn3C(C)C)CC2)cc1. The maximum absolute atomic E-state index is 12.9. The van der Waals surface area contributed by atoms with Crippen LogP contribution in [0.1, 0.15) is 51.4 Å². The Kier molecular flexibility index (Phi) is 5.62. The average molecular weight is 378 g/mol. The van der Waals surface area contributed by atoms with Crippen LogP contribution < -0.4 is 4.74 Å². The average Bonchev–Trinajstić information content (AvgIpc) is 3.13. The second kappa shape index (κ2) is 7.75. The summed E-state index contributed by atoms with van der Waals surface area (Å²) in [5, 5.41) is 8.29. The molecule has 0 amide bonds. The van der Waals surface area contributed by atoms with Crippen molar-refractivity contribution in [2.45, 2.75) is 50.5 Å². The minimum atomic E-state index is -3.48. The predicted octanol–water partition coefficient (Wildman–Crippen LogP) is 2.83. The van der Waals surface area contributed by atoms with Crippen LogP contribution in [0.15, 0.2) is 35.5 Å². The zero-order valence-electron chi connectivity index (χ0n) is 15.5. The van der Waals surface area contributed by atoms with Crippen molar-refractivity contribution in [3.05, 3.63) is 36.4 Å². The van der Waals surface area contributed by atoms with Crippen molar-refractivity contribution in [3.8, 4) is 5.75 Å². The first-order valence-electron chi connectivity index (χ1n) is 9.06. The van der Waals surface area contributed by atoms with Gasteiger partial charge in [-0.2, -0.15) is 4.31 Å². The summed E-state index contributed by atoms with van der Waals surface area (Å²) in [4.78, 5) is 0.310. The van der Waals surface area contributed by atoms with Crippen LogP contribution in [-0.2, 0) is 10.0 Å². The zero-order valence-corrected chi connectivity index (χ0v) is 16.3. The van der Waals surface area contributed by atoms with Crippen LogP contribution in [0.4, 0.5) is 0 Å². The van der Waals surface area contributed by atoms with Gasteiger partial charge in [-0.1, -0.05) is 0 Å². The molecule has 3 rings (SSSR count). The fourth-order valence-electron chi connectivity index (χ4n) is 3.32. The maximum atomic E-state index is 12.9. The largest absolute Gasteiger partial charge is 0.494 e. The van der Waals surface area contributed by atoms with E-state index in [4.69, 9.17) is 4.74 Å². The third kappa shape index (κ3) is 3.76. The molecular weight excluding hydrogens is 352 g/mol. The minimum absolute atomic E-state index is 0.242. The smallest absolute Gasteiger partial charge is 0.243 e. The van der Waals surface area contributed by atoms with E-state index < -0.39 is 10.0 Å². The number of ether oxygens (including phenoxy) is 1. The lowest BCUT2D eigenvalue weighted by Crippen LogP contribution is -2.38. The van der Waals surface area contributed by atoms with Gasteiger partial charge in [0, 0.05) is 25.0 Å². The van der Waals surface area contributed by atoms with Crippen molar-refractivity contribution in [1.29, 1.82) is 0 Å². The van der Waals surface area contributed by atoms with E-state index in [0.717, 1.165) is 18.7 Å². The first kappa shape index (κ1) is 18.8. The Morgan fingerprint density at radius 3 is 2.42 bits per heavy atom. The van der Waals surface area contributed by atoms with Crippen LogP contribution in [-0.4, -0.2) is 47.2 Å². The van der Waals surface area contributed by atoms with Crippen molar-refractivity contribution in [2.75, 3.05) is 19.7 Å². The van der Waals surface area contributed by atoms with E-state index in [-0.39, 0.29) is 5.92 Å². The van der Waals surface area contributed by atoms with E-state index in [2.05, 4.69) is 28.6 Å². The van der Waals surface area contributed by atoms with Gasteiger partial charge in [-0.3, -0.25) is 0 Å². The summed E-state index contributed by atoms with van der Waals surface area (Å²) in [6.45, 7) is 7.63. The van der Waals surface area contributed by atoms with Crippen molar-refractivity contribution in [1.82, 2.24) is 19.1 Å². The van der Waals surface area contributed by atoms with E-state index in [9.17, 15) is 8.42 Å². The summed E-state index contributed by atoms with van der Waals surface area (Å²) in [5.74, 6) is 1.88.